The Kier molecular flexibility index (Phi) is 6.97. The molecule has 0 aliphatic carbocycles. The van der Waals surface area contributed by atoms with Gasteiger partial charge in [-0.1, -0.05) is 29.8 Å². The highest BCUT2D eigenvalue weighted by Gasteiger charge is 2.12. The molecule has 1 N–H and O–H groups in total. The highest BCUT2D eigenvalue weighted by atomic mass is 79.9. The van der Waals surface area contributed by atoms with E-state index in [1.165, 1.54) is 0 Å². The van der Waals surface area contributed by atoms with E-state index >= 15 is 0 Å². The average Bonchev–Trinajstić information content (AvgIpc) is 2.41. The first-order valence-corrected chi connectivity index (χ1v) is 7.55. The summed E-state index contributed by atoms with van der Waals surface area (Å²) in [6, 6.07) is 7.92. The van der Waals surface area contributed by atoms with Crippen molar-refractivity contribution in [2.45, 2.75) is 20.3 Å². The molecule has 1 rings (SSSR count). The van der Waals surface area contributed by atoms with E-state index in [-0.39, 0.29) is 0 Å². The zero-order valence-electron chi connectivity index (χ0n) is 12.2. The number of nitriles is 1. The van der Waals surface area contributed by atoms with Gasteiger partial charge in [-0.25, -0.2) is 4.79 Å². The number of halogens is 1. The van der Waals surface area contributed by atoms with E-state index in [4.69, 9.17) is 10.4 Å². The van der Waals surface area contributed by atoms with Gasteiger partial charge in [-0.05, 0) is 35.8 Å². The summed E-state index contributed by atoms with van der Waals surface area (Å²) in [7, 11) is 0. The van der Waals surface area contributed by atoms with Gasteiger partial charge in [-0.3, -0.25) is 0 Å². The Morgan fingerprint density at radius 2 is 2.24 bits per heavy atom. The number of carboxylic acids is 1. The predicted molar refractivity (Wildman–Crippen MR) is 88.1 cm³/mol. The summed E-state index contributed by atoms with van der Waals surface area (Å²) in [6.07, 6.45) is 3.15. The van der Waals surface area contributed by atoms with Gasteiger partial charge in [0.15, 0.2) is 0 Å². The number of hydrogen-bond donors (Lipinski definition) is 1. The van der Waals surface area contributed by atoms with E-state index in [0.717, 1.165) is 28.3 Å². The smallest absolute Gasteiger partial charge is 0.328 e. The molecule has 21 heavy (non-hydrogen) atoms. The lowest BCUT2D eigenvalue weighted by atomic mass is 10.1. The average molecular weight is 351 g/mol. The number of aliphatic carboxylic acids is 1. The SMILES string of the molecule is CC(C)CN(CCC#N)c1ccc(Br)cc1/C=C/C(=O)O. The van der Waals surface area contributed by atoms with Crippen molar-refractivity contribution in [1.29, 1.82) is 5.26 Å². The quantitative estimate of drug-likeness (QED) is 0.756. The first-order valence-electron chi connectivity index (χ1n) is 6.76. The summed E-state index contributed by atoms with van der Waals surface area (Å²) in [5, 5.41) is 17.6. The Bertz CT molecular complexity index is 562. The van der Waals surface area contributed by atoms with E-state index in [2.05, 4.69) is 40.7 Å². The van der Waals surface area contributed by atoms with Crippen LogP contribution in [0.5, 0.6) is 0 Å². The fraction of sp³-hybridized carbons (Fsp3) is 0.375. The van der Waals surface area contributed by atoms with Crippen molar-refractivity contribution in [2.24, 2.45) is 5.92 Å². The normalized spacial score (nSPS) is 10.8. The number of nitrogens with zero attached hydrogens (tertiary/aromatic N) is 2. The van der Waals surface area contributed by atoms with Crippen LogP contribution >= 0.6 is 15.9 Å². The van der Waals surface area contributed by atoms with Gasteiger partial charge in [0.2, 0.25) is 0 Å². The van der Waals surface area contributed by atoms with Crippen LogP contribution in [0.1, 0.15) is 25.8 Å². The lowest BCUT2D eigenvalue weighted by molar-refractivity contribution is -0.131. The molecule has 112 valence electrons. The second-order valence-corrected chi connectivity index (χ2v) is 6.04. The maximum Gasteiger partial charge on any atom is 0.328 e. The first kappa shape index (κ1) is 17.3. The highest BCUT2D eigenvalue weighted by Crippen LogP contribution is 2.27. The molecule has 0 atom stereocenters. The van der Waals surface area contributed by atoms with Gasteiger partial charge in [0.25, 0.3) is 0 Å². The third-order valence-corrected chi connectivity index (χ3v) is 3.31. The third kappa shape index (κ3) is 6.01. The van der Waals surface area contributed by atoms with Crippen LogP contribution in [0, 0.1) is 17.2 Å². The molecule has 0 heterocycles. The molecule has 0 radical (unpaired) electrons. The van der Waals surface area contributed by atoms with Gasteiger partial charge < -0.3 is 10.0 Å². The van der Waals surface area contributed by atoms with Gasteiger partial charge in [0.05, 0.1) is 12.5 Å². The fourth-order valence-corrected chi connectivity index (χ4v) is 2.42. The van der Waals surface area contributed by atoms with Crippen molar-refractivity contribution in [3.63, 3.8) is 0 Å². The number of carboxylic acid groups (broad SMARTS) is 1. The summed E-state index contributed by atoms with van der Waals surface area (Å²) < 4.78 is 0.890. The largest absolute Gasteiger partial charge is 0.478 e. The van der Waals surface area contributed by atoms with Crippen LogP contribution in [0.2, 0.25) is 0 Å². The van der Waals surface area contributed by atoms with E-state index in [1.54, 1.807) is 6.08 Å². The maximum atomic E-state index is 10.7. The Hall–Kier alpha value is -1.80. The fourth-order valence-electron chi connectivity index (χ4n) is 2.04. The van der Waals surface area contributed by atoms with Crippen molar-refractivity contribution in [1.82, 2.24) is 0 Å². The van der Waals surface area contributed by atoms with Crippen LogP contribution < -0.4 is 4.90 Å². The molecule has 0 saturated carbocycles. The number of carbonyl (C=O) groups is 1. The molecular weight excluding hydrogens is 332 g/mol. The predicted octanol–water partition coefficient (Wildman–Crippen LogP) is 3.92. The summed E-state index contributed by atoms with van der Waals surface area (Å²) in [5.74, 6) is -0.531. The summed E-state index contributed by atoms with van der Waals surface area (Å²) in [6.45, 7) is 5.68. The molecule has 0 fully saturated rings. The van der Waals surface area contributed by atoms with Crippen molar-refractivity contribution >= 4 is 33.7 Å². The Labute approximate surface area is 133 Å². The lowest BCUT2D eigenvalue weighted by Gasteiger charge is -2.27. The molecule has 0 saturated heterocycles. The maximum absolute atomic E-state index is 10.7. The van der Waals surface area contributed by atoms with E-state index in [0.29, 0.717) is 18.9 Å². The number of rotatable bonds is 7. The molecular formula is C16H19BrN2O2. The first-order chi connectivity index (χ1) is 9.93. The van der Waals surface area contributed by atoms with Crippen LogP contribution in [-0.4, -0.2) is 24.2 Å². The summed E-state index contributed by atoms with van der Waals surface area (Å²) in [4.78, 5) is 12.9. The Balaban J connectivity index is 3.16. The lowest BCUT2D eigenvalue weighted by Crippen LogP contribution is -2.29. The van der Waals surface area contributed by atoms with Crippen LogP contribution in [0.3, 0.4) is 0 Å². The van der Waals surface area contributed by atoms with Crippen LogP contribution in [0.15, 0.2) is 28.7 Å². The molecule has 1 aromatic rings. The van der Waals surface area contributed by atoms with Crippen molar-refractivity contribution in [3.05, 3.63) is 34.3 Å². The van der Waals surface area contributed by atoms with Crippen LogP contribution in [0.4, 0.5) is 5.69 Å². The minimum absolute atomic E-state index is 0.435. The molecule has 0 spiro atoms. The van der Waals surface area contributed by atoms with Gasteiger partial charge in [-0.15, -0.1) is 0 Å². The number of hydrogen-bond acceptors (Lipinski definition) is 3. The third-order valence-electron chi connectivity index (χ3n) is 2.81. The number of benzene rings is 1. The van der Waals surface area contributed by atoms with Gasteiger partial charge >= 0.3 is 5.97 Å². The van der Waals surface area contributed by atoms with E-state index in [9.17, 15) is 4.79 Å². The van der Waals surface area contributed by atoms with Gasteiger partial charge in [-0.2, -0.15) is 5.26 Å². The molecule has 1 aromatic carbocycles. The molecule has 0 unspecified atom stereocenters. The van der Waals surface area contributed by atoms with Crippen molar-refractivity contribution < 1.29 is 9.90 Å². The van der Waals surface area contributed by atoms with Crippen molar-refractivity contribution in [3.8, 4) is 6.07 Å². The summed E-state index contributed by atoms with van der Waals surface area (Å²) in [5.41, 5.74) is 1.77. The second kappa shape index (κ2) is 8.48. The zero-order valence-corrected chi connectivity index (χ0v) is 13.8. The molecule has 0 bridgehead atoms. The van der Waals surface area contributed by atoms with Crippen LogP contribution in [-0.2, 0) is 4.79 Å². The van der Waals surface area contributed by atoms with Gasteiger partial charge in [0, 0.05) is 29.3 Å². The zero-order chi connectivity index (χ0) is 15.8. The molecule has 4 nitrogen and oxygen atoms in total. The Morgan fingerprint density at radius 3 is 2.81 bits per heavy atom. The van der Waals surface area contributed by atoms with E-state index in [1.807, 2.05) is 18.2 Å². The van der Waals surface area contributed by atoms with Gasteiger partial charge in [0.1, 0.15) is 0 Å². The summed E-state index contributed by atoms with van der Waals surface area (Å²) >= 11 is 3.40. The monoisotopic (exact) mass is 350 g/mol. The Morgan fingerprint density at radius 1 is 1.52 bits per heavy atom. The topological polar surface area (TPSA) is 64.3 Å². The molecule has 0 aromatic heterocycles. The highest BCUT2D eigenvalue weighted by molar-refractivity contribution is 9.10. The minimum Gasteiger partial charge on any atom is -0.478 e. The van der Waals surface area contributed by atoms with E-state index < -0.39 is 5.97 Å². The molecule has 0 aliphatic heterocycles. The molecule has 5 heteroatoms. The minimum atomic E-state index is -0.978. The number of anilines is 1. The standard InChI is InChI=1S/C16H19BrN2O2/c1-12(2)11-19(9-3-8-18)15-6-5-14(17)10-13(15)4-7-16(20)21/h4-7,10,12H,3,9,11H2,1-2H3,(H,20,21)/b7-4+. The van der Waals surface area contributed by atoms with Crippen molar-refractivity contribution in [2.75, 3.05) is 18.0 Å². The van der Waals surface area contributed by atoms with Crippen LogP contribution in [0.25, 0.3) is 6.08 Å². The molecule has 0 amide bonds. The second-order valence-electron chi connectivity index (χ2n) is 5.12. The molecule has 0 aliphatic rings.